The minimum Gasteiger partial charge on any atom is -0.206 e. The predicted molar refractivity (Wildman–Crippen MR) is 117 cm³/mol. The highest BCUT2D eigenvalue weighted by Crippen LogP contribution is 2.36. The average molecular weight is 442 g/mol. The monoisotopic (exact) mass is 442 g/mol. The number of benzene rings is 3. The number of allylic oxidation sites excluding steroid dienone is 2. The molecule has 0 radical (unpaired) electrons. The van der Waals surface area contributed by atoms with Crippen molar-refractivity contribution < 1.29 is 22.0 Å². The zero-order chi connectivity index (χ0) is 22.8. The molecule has 0 aromatic heterocycles. The normalized spacial score (nSPS) is 13.1. The van der Waals surface area contributed by atoms with Crippen LogP contribution in [0.5, 0.6) is 0 Å². The Morgan fingerprint density at radius 2 is 1.53 bits per heavy atom. The van der Waals surface area contributed by atoms with E-state index in [1.54, 1.807) is 12.1 Å². The van der Waals surface area contributed by atoms with Gasteiger partial charge in [-0.25, -0.2) is 22.0 Å². The number of hydrogen-bond acceptors (Lipinski definition) is 0. The molecule has 0 spiro atoms. The molecule has 0 unspecified atom stereocenters. The fourth-order valence-corrected chi connectivity index (χ4v) is 4.28. The largest absolute Gasteiger partial charge is 0.206 e. The molecule has 1 aliphatic rings. The Labute approximate surface area is 184 Å². The van der Waals surface area contributed by atoms with E-state index < -0.39 is 29.1 Å². The predicted octanol–water partition coefficient (Wildman–Crippen LogP) is 7.96. The molecule has 3 aromatic rings. The Balaban J connectivity index is 1.62. The topological polar surface area (TPSA) is 0 Å². The van der Waals surface area contributed by atoms with Crippen molar-refractivity contribution in [3.8, 4) is 11.1 Å². The highest BCUT2D eigenvalue weighted by Gasteiger charge is 2.23. The summed E-state index contributed by atoms with van der Waals surface area (Å²) in [6.07, 6.45) is 5.53. The van der Waals surface area contributed by atoms with Crippen LogP contribution < -0.4 is 0 Å². The van der Waals surface area contributed by atoms with Crippen LogP contribution >= 0.6 is 0 Å². The highest BCUT2D eigenvalue weighted by atomic mass is 19.2. The molecule has 166 valence electrons. The van der Waals surface area contributed by atoms with Gasteiger partial charge in [-0.3, -0.25) is 0 Å². The van der Waals surface area contributed by atoms with Gasteiger partial charge in [0.15, 0.2) is 11.6 Å². The number of aryl methyl sites for hydroxylation is 1. The van der Waals surface area contributed by atoms with E-state index in [9.17, 15) is 17.6 Å². The van der Waals surface area contributed by atoms with E-state index in [-0.39, 0.29) is 29.5 Å². The molecule has 3 aromatic carbocycles. The molecule has 0 bridgehead atoms. The molecule has 1 aliphatic carbocycles. The van der Waals surface area contributed by atoms with Gasteiger partial charge in [0.05, 0.1) is 0 Å². The average Bonchev–Trinajstić information content (AvgIpc) is 2.76. The minimum absolute atomic E-state index is 0.0695. The van der Waals surface area contributed by atoms with Gasteiger partial charge in [-0.05, 0) is 77.8 Å². The van der Waals surface area contributed by atoms with Crippen LogP contribution in [0.4, 0.5) is 22.0 Å². The van der Waals surface area contributed by atoms with Crippen LogP contribution in [-0.4, -0.2) is 0 Å². The fourth-order valence-electron chi connectivity index (χ4n) is 4.28. The summed E-state index contributed by atoms with van der Waals surface area (Å²) in [4.78, 5) is 0. The van der Waals surface area contributed by atoms with Crippen molar-refractivity contribution in [2.24, 2.45) is 0 Å². The van der Waals surface area contributed by atoms with Crippen LogP contribution in [0.25, 0.3) is 16.7 Å². The van der Waals surface area contributed by atoms with Gasteiger partial charge in [0.2, 0.25) is 0 Å². The molecule has 4 rings (SSSR count). The maximum absolute atomic E-state index is 15.2. The van der Waals surface area contributed by atoms with Gasteiger partial charge in [0, 0.05) is 11.1 Å². The maximum Gasteiger partial charge on any atom is 0.159 e. The van der Waals surface area contributed by atoms with Gasteiger partial charge in [0.25, 0.3) is 0 Å². The molecule has 0 aliphatic heterocycles. The van der Waals surface area contributed by atoms with Crippen molar-refractivity contribution >= 4 is 5.57 Å². The Morgan fingerprint density at radius 1 is 0.781 bits per heavy atom. The van der Waals surface area contributed by atoms with Gasteiger partial charge in [-0.15, -0.1) is 0 Å². The lowest BCUT2D eigenvalue weighted by Gasteiger charge is -2.21. The highest BCUT2D eigenvalue weighted by molar-refractivity contribution is 5.74. The first kappa shape index (κ1) is 22.3. The minimum atomic E-state index is -1.05. The molecule has 0 atom stereocenters. The van der Waals surface area contributed by atoms with E-state index in [4.69, 9.17) is 0 Å². The van der Waals surface area contributed by atoms with Crippen molar-refractivity contribution in [2.45, 2.75) is 45.4 Å². The summed E-state index contributed by atoms with van der Waals surface area (Å²) < 4.78 is 71.6. The summed E-state index contributed by atoms with van der Waals surface area (Å²) in [6.45, 7) is 2.07. The van der Waals surface area contributed by atoms with E-state index in [1.807, 2.05) is 0 Å². The lowest BCUT2D eigenvalue weighted by Crippen LogP contribution is -2.09. The molecule has 0 saturated carbocycles. The van der Waals surface area contributed by atoms with E-state index in [0.717, 1.165) is 31.4 Å². The Bertz CT molecular complexity index is 1170. The van der Waals surface area contributed by atoms with Crippen molar-refractivity contribution in [1.29, 1.82) is 0 Å². The second-order valence-corrected chi connectivity index (χ2v) is 8.20. The molecule has 32 heavy (non-hydrogen) atoms. The van der Waals surface area contributed by atoms with Crippen molar-refractivity contribution in [1.82, 2.24) is 0 Å². The number of fused-ring (bicyclic) bond motifs is 1. The molecule has 0 N–H and O–H groups in total. The molecule has 0 amide bonds. The Kier molecular flexibility index (Phi) is 6.45. The summed E-state index contributed by atoms with van der Waals surface area (Å²) >= 11 is 0. The van der Waals surface area contributed by atoms with Crippen LogP contribution in [0, 0.1) is 29.1 Å². The van der Waals surface area contributed by atoms with Crippen molar-refractivity contribution in [3.05, 3.63) is 99.9 Å². The summed E-state index contributed by atoms with van der Waals surface area (Å²) in [6, 6.07) is 9.18. The molecular weight excluding hydrogens is 419 g/mol. The van der Waals surface area contributed by atoms with Crippen LogP contribution in [0.15, 0.2) is 48.5 Å². The quantitative estimate of drug-likeness (QED) is 0.268. The SMILES string of the molecule is CCCCCc1cc(F)c(C2=CCc3c(ccc(-c4ccc(F)c(F)c4)c3F)C2)c(F)c1. The second-order valence-electron chi connectivity index (χ2n) is 8.20. The lowest BCUT2D eigenvalue weighted by molar-refractivity contribution is 0.509. The lowest BCUT2D eigenvalue weighted by atomic mass is 9.85. The second kappa shape index (κ2) is 9.27. The number of rotatable bonds is 6. The standard InChI is InChI=1S/C27H23F5/c1-2-3-4-5-16-12-24(30)26(25(31)13-16)19-7-10-20-17(14-19)6-9-21(27(20)32)18-8-11-22(28)23(29)15-18/h6-9,11-13,15H,2-5,10,14H2,1H3. The summed E-state index contributed by atoms with van der Waals surface area (Å²) in [5.41, 5.74) is 2.46. The Hall–Kier alpha value is -2.95. The summed E-state index contributed by atoms with van der Waals surface area (Å²) in [5.74, 6) is -3.79. The first-order valence-corrected chi connectivity index (χ1v) is 10.8. The van der Waals surface area contributed by atoms with Gasteiger partial charge < -0.3 is 0 Å². The molecule has 0 fully saturated rings. The Morgan fingerprint density at radius 3 is 2.22 bits per heavy atom. The van der Waals surface area contributed by atoms with Gasteiger partial charge in [-0.1, -0.05) is 44.0 Å². The molecule has 0 saturated heterocycles. The molecule has 0 nitrogen and oxygen atoms in total. The molecular formula is C27H23F5. The van der Waals surface area contributed by atoms with Crippen molar-refractivity contribution in [3.63, 3.8) is 0 Å². The zero-order valence-electron chi connectivity index (χ0n) is 17.8. The number of halogens is 5. The number of hydrogen-bond donors (Lipinski definition) is 0. The van der Waals surface area contributed by atoms with Gasteiger partial charge in [0.1, 0.15) is 17.5 Å². The fraction of sp³-hybridized carbons (Fsp3) is 0.259. The third-order valence-corrected chi connectivity index (χ3v) is 6.00. The smallest absolute Gasteiger partial charge is 0.159 e. The number of unbranched alkanes of at least 4 members (excludes halogenated alkanes) is 2. The van der Waals surface area contributed by atoms with Crippen LogP contribution in [0.3, 0.4) is 0 Å². The molecule has 5 heteroatoms. The van der Waals surface area contributed by atoms with Crippen molar-refractivity contribution in [2.75, 3.05) is 0 Å². The first-order chi connectivity index (χ1) is 15.4. The van der Waals surface area contributed by atoms with E-state index in [2.05, 4.69) is 6.92 Å². The summed E-state index contributed by atoms with van der Waals surface area (Å²) in [7, 11) is 0. The third-order valence-electron chi connectivity index (χ3n) is 6.00. The van der Waals surface area contributed by atoms with Gasteiger partial charge in [-0.2, -0.15) is 0 Å². The van der Waals surface area contributed by atoms with E-state index in [0.29, 0.717) is 28.7 Å². The third kappa shape index (κ3) is 4.34. The zero-order valence-corrected chi connectivity index (χ0v) is 17.8. The summed E-state index contributed by atoms with van der Waals surface area (Å²) in [5, 5.41) is 0. The maximum atomic E-state index is 15.2. The molecule has 0 heterocycles. The van der Waals surface area contributed by atoms with Gasteiger partial charge >= 0.3 is 0 Å². The van der Waals surface area contributed by atoms with E-state index in [1.165, 1.54) is 24.3 Å². The first-order valence-electron chi connectivity index (χ1n) is 10.8. The van der Waals surface area contributed by atoms with E-state index >= 15 is 4.39 Å². The van der Waals surface area contributed by atoms with Crippen LogP contribution in [0.1, 0.15) is 48.4 Å². The van der Waals surface area contributed by atoms with Crippen LogP contribution in [-0.2, 0) is 19.3 Å². The van der Waals surface area contributed by atoms with Crippen LogP contribution in [0.2, 0.25) is 0 Å².